The van der Waals surface area contributed by atoms with Crippen LogP contribution in [0.4, 0.5) is 13.2 Å². The second-order valence-electron chi connectivity index (χ2n) is 9.99. The first kappa shape index (κ1) is 30.2. The van der Waals surface area contributed by atoms with Crippen molar-refractivity contribution in [2.24, 2.45) is 0 Å². The summed E-state index contributed by atoms with van der Waals surface area (Å²) >= 11 is 0. The Kier molecular flexibility index (Phi) is 8.89. The van der Waals surface area contributed by atoms with Crippen LogP contribution in [0.5, 0.6) is 5.88 Å². The van der Waals surface area contributed by atoms with Crippen molar-refractivity contribution < 1.29 is 38.0 Å². The number of ether oxygens (including phenoxy) is 1. The minimum atomic E-state index is -1.34. The van der Waals surface area contributed by atoms with Crippen molar-refractivity contribution in [1.29, 1.82) is 5.26 Å². The highest BCUT2D eigenvalue weighted by atomic mass is 19.1. The maximum absolute atomic E-state index is 15.4. The Balaban J connectivity index is 1.40. The van der Waals surface area contributed by atoms with E-state index < -0.39 is 29.5 Å². The predicted molar refractivity (Wildman–Crippen MR) is 152 cm³/mol. The van der Waals surface area contributed by atoms with Crippen molar-refractivity contribution in [3.8, 4) is 23.2 Å². The molecule has 0 fully saturated rings. The van der Waals surface area contributed by atoms with Gasteiger partial charge in [-0.2, -0.15) is 5.26 Å². The van der Waals surface area contributed by atoms with Crippen LogP contribution in [-0.2, 0) is 19.6 Å². The quantitative estimate of drug-likeness (QED) is 0.192. The lowest BCUT2D eigenvalue weighted by Gasteiger charge is -2.14. The summed E-state index contributed by atoms with van der Waals surface area (Å²) in [7, 11) is 0. The number of aliphatic hydroxyl groups is 2. The van der Waals surface area contributed by atoms with Gasteiger partial charge in [-0.25, -0.2) is 27.9 Å². The van der Waals surface area contributed by atoms with Crippen molar-refractivity contribution in [2.75, 3.05) is 6.61 Å². The number of fused-ring (bicyclic) bond motifs is 1. The number of carboxylic acid groups (broad SMARTS) is 1. The van der Waals surface area contributed by atoms with Gasteiger partial charge in [0.15, 0.2) is 5.82 Å². The van der Waals surface area contributed by atoms with Crippen LogP contribution >= 0.6 is 0 Å². The van der Waals surface area contributed by atoms with E-state index >= 15 is 4.39 Å². The van der Waals surface area contributed by atoms with Crippen LogP contribution < -0.4 is 4.74 Å². The lowest BCUT2D eigenvalue weighted by atomic mass is 10.1. The van der Waals surface area contributed by atoms with Crippen molar-refractivity contribution in [1.82, 2.24) is 14.5 Å². The third kappa shape index (κ3) is 6.54. The molecular weight excluding hydrogens is 577 g/mol. The molecule has 0 bridgehead atoms. The largest absolute Gasteiger partial charge is 0.478 e. The van der Waals surface area contributed by atoms with Crippen LogP contribution in [0.15, 0.2) is 66.7 Å². The molecule has 224 valence electrons. The molecular formula is C32H25F3N4O5. The topological polar surface area (TPSA) is 141 Å². The van der Waals surface area contributed by atoms with E-state index in [-0.39, 0.29) is 83.3 Å². The van der Waals surface area contributed by atoms with Crippen molar-refractivity contribution in [3.63, 3.8) is 0 Å². The number of carbonyl (C=O) groups is 1. The minimum absolute atomic E-state index is 0.0201. The fraction of sp³-hybridized carbons (Fsp3) is 0.188. The highest BCUT2D eigenvalue weighted by Crippen LogP contribution is 2.28. The molecule has 1 atom stereocenters. The number of benzene rings is 3. The van der Waals surface area contributed by atoms with Crippen molar-refractivity contribution >= 4 is 17.0 Å². The Hall–Kier alpha value is -5.25. The van der Waals surface area contributed by atoms with E-state index in [1.165, 1.54) is 34.9 Å². The van der Waals surface area contributed by atoms with Gasteiger partial charge in [0, 0.05) is 30.2 Å². The molecule has 5 aromatic rings. The molecule has 0 aliphatic rings. The van der Waals surface area contributed by atoms with Gasteiger partial charge in [-0.1, -0.05) is 18.2 Å². The number of carboxylic acids is 1. The van der Waals surface area contributed by atoms with Gasteiger partial charge in [-0.15, -0.1) is 0 Å². The van der Waals surface area contributed by atoms with E-state index in [0.717, 1.165) is 12.1 Å². The van der Waals surface area contributed by atoms with E-state index in [2.05, 4.69) is 9.97 Å². The average molecular weight is 603 g/mol. The highest BCUT2D eigenvalue weighted by molar-refractivity contribution is 5.92. The molecule has 44 heavy (non-hydrogen) atoms. The van der Waals surface area contributed by atoms with E-state index in [1.54, 1.807) is 24.3 Å². The zero-order valence-electron chi connectivity index (χ0n) is 23.0. The molecule has 5 rings (SSSR count). The number of aromatic nitrogens is 3. The first-order valence-corrected chi connectivity index (χ1v) is 13.4. The SMILES string of the molecule is N#Cc1ccc(COc2cccc(-c3ccc(Cc4nc5c(F)cc(C(=O)O)cc5n4CC(O)CCO)cc3F)n2)c(F)c1. The summed E-state index contributed by atoms with van der Waals surface area (Å²) in [6, 6.07) is 17.1. The zero-order chi connectivity index (χ0) is 31.4. The molecule has 0 radical (unpaired) electrons. The summed E-state index contributed by atoms with van der Waals surface area (Å²) in [5.74, 6) is -3.01. The van der Waals surface area contributed by atoms with Gasteiger partial charge in [0.1, 0.15) is 29.6 Å². The summed E-state index contributed by atoms with van der Waals surface area (Å²) in [5.41, 5.74) is 1.04. The highest BCUT2D eigenvalue weighted by Gasteiger charge is 2.20. The third-order valence-electron chi connectivity index (χ3n) is 6.94. The van der Waals surface area contributed by atoms with Crippen LogP contribution in [-0.4, -0.2) is 48.5 Å². The number of rotatable bonds is 11. The zero-order valence-corrected chi connectivity index (χ0v) is 23.0. The number of hydrogen-bond donors (Lipinski definition) is 3. The number of nitriles is 1. The summed E-state index contributed by atoms with van der Waals surface area (Å²) < 4.78 is 51.5. The van der Waals surface area contributed by atoms with E-state index in [4.69, 9.17) is 10.00 Å². The van der Waals surface area contributed by atoms with Crippen LogP contribution in [0, 0.1) is 28.8 Å². The number of hydrogen-bond acceptors (Lipinski definition) is 7. The van der Waals surface area contributed by atoms with E-state index in [1.807, 2.05) is 6.07 Å². The summed E-state index contributed by atoms with van der Waals surface area (Å²) in [5, 5.41) is 37.9. The van der Waals surface area contributed by atoms with E-state index in [9.17, 15) is 28.9 Å². The number of pyridine rings is 1. The normalized spacial score (nSPS) is 11.8. The van der Waals surface area contributed by atoms with Crippen molar-refractivity contribution in [2.45, 2.75) is 32.1 Å². The van der Waals surface area contributed by atoms with Gasteiger partial charge in [0.05, 0.1) is 41.1 Å². The van der Waals surface area contributed by atoms with Crippen LogP contribution in [0.2, 0.25) is 0 Å². The maximum atomic E-state index is 15.4. The maximum Gasteiger partial charge on any atom is 0.335 e. The molecule has 12 heteroatoms. The van der Waals surface area contributed by atoms with Crippen LogP contribution in [0.3, 0.4) is 0 Å². The number of halogens is 3. The monoisotopic (exact) mass is 602 g/mol. The molecule has 2 heterocycles. The van der Waals surface area contributed by atoms with Gasteiger partial charge < -0.3 is 24.6 Å². The summed E-state index contributed by atoms with van der Waals surface area (Å²) in [4.78, 5) is 20.2. The van der Waals surface area contributed by atoms with Gasteiger partial charge in [-0.3, -0.25) is 0 Å². The Labute approximate surface area is 249 Å². The number of imidazole rings is 1. The summed E-state index contributed by atoms with van der Waals surface area (Å²) in [6.45, 7) is -0.548. The molecule has 0 aliphatic carbocycles. The minimum Gasteiger partial charge on any atom is -0.478 e. The Morgan fingerprint density at radius 3 is 2.52 bits per heavy atom. The lowest BCUT2D eigenvalue weighted by molar-refractivity contribution is 0.0696. The van der Waals surface area contributed by atoms with Crippen LogP contribution in [0.25, 0.3) is 22.3 Å². The molecule has 0 amide bonds. The number of aromatic carboxylic acids is 1. The Morgan fingerprint density at radius 1 is 1.00 bits per heavy atom. The average Bonchev–Trinajstić information content (AvgIpc) is 3.33. The first-order valence-electron chi connectivity index (χ1n) is 13.4. The molecule has 9 nitrogen and oxygen atoms in total. The fourth-order valence-electron chi connectivity index (χ4n) is 4.73. The van der Waals surface area contributed by atoms with Gasteiger partial charge in [0.2, 0.25) is 5.88 Å². The molecule has 0 spiro atoms. The standard InChI is InChI=1S/C32H25F3N4O5/c33-24-11-19(15-36)4-6-20(24)17-44-30-3-1-2-27(37-30)23-7-5-18(10-25(23)34)12-29-38-31-26(35)13-21(32(42)43)14-28(31)39(29)16-22(41)8-9-40/h1-7,10-11,13-14,22,40-41H,8-9,12,16-17H2,(H,42,43). The Morgan fingerprint density at radius 2 is 1.82 bits per heavy atom. The molecule has 3 N–H and O–H groups in total. The molecule has 0 saturated heterocycles. The second-order valence-corrected chi connectivity index (χ2v) is 9.99. The smallest absolute Gasteiger partial charge is 0.335 e. The van der Waals surface area contributed by atoms with Crippen molar-refractivity contribution in [3.05, 3.63) is 112 Å². The number of aliphatic hydroxyl groups excluding tert-OH is 2. The molecule has 0 saturated carbocycles. The predicted octanol–water partition coefficient (Wildman–Crippen LogP) is 5.00. The lowest BCUT2D eigenvalue weighted by Crippen LogP contribution is -2.19. The molecule has 0 aliphatic heterocycles. The van der Waals surface area contributed by atoms with Gasteiger partial charge in [0.25, 0.3) is 0 Å². The molecule has 3 aromatic carbocycles. The Bertz CT molecular complexity index is 1900. The van der Waals surface area contributed by atoms with Crippen LogP contribution in [0.1, 0.15) is 39.3 Å². The second kappa shape index (κ2) is 12.9. The third-order valence-corrected chi connectivity index (χ3v) is 6.94. The number of nitrogens with zero attached hydrogens (tertiary/aromatic N) is 4. The van der Waals surface area contributed by atoms with Gasteiger partial charge in [-0.05, 0) is 54.4 Å². The van der Waals surface area contributed by atoms with Gasteiger partial charge >= 0.3 is 5.97 Å². The first-order chi connectivity index (χ1) is 21.2. The fourth-order valence-corrected chi connectivity index (χ4v) is 4.73. The molecule has 1 unspecified atom stereocenters. The van der Waals surface area contributed by atoms with E-state index in [0.29, 0.717) is 5.56 Å². The molecule has 2 aromatic heterocycles. The summed E-state index contributed by atoms with van der Waals surface area (Å²) in [6.07, 6.45) is -0.977.